The molecule has 0 nitrogen and oxygen atoms in total. The second kappa shape index (κ2) is 10.3. The van der Waals surface area contributed by atoms with Crippen molar-refractivity contribution >= 4 is 17.2 Å². The van der Waals surface area contributed by atoms with Crippen LogP contribution in [0.1, 0.15) is 54.4 Å². The van der Waals surface area contributed by atoms with Gasteiger partial charge in [-0.05, 0) is 78.0 Å². The third-order valence-electron chi connectivity index (χ3n) is 6.26. The molecule has 0 heterocycles. The zero-order chi connectivity index (χ0) is 22.5. The molecule has 1 aliphatic carbocycles. The molecule has 3 aromatic carbocycles. The molecule has 0 fully saturated rings. The fraction of sp³-hybridized carbons (Fsp3) is 0.241. The predicted octanol–water partition coefficient (Wildman–Crippen LogP) is 8.70. The zero-order valence-corrected chi connectivity index (χ0v) is 19.0. The van der Waals surface area contributed by atoms with Gasteiger partial charge in [-0.15, -0.1) is 0 Å². The van der Waals surface area contributed by atoms with E-state index in [0.29, 0.717) is 11.5 Å². The first-order valence-electron chi connectivity index (χ1n) is 11.2. The fourth-order valence-electron chi connectivity index (χ4n) is 4.27. The number of allylic oxidation sites excluding steroid dienone is 4. The van der Waals surface area contributed by atoms with E-state index < -0.39 is 16.7 Å². The summed E-state index contributed by atoms with van der Waals surface area (Å²) in [6, 6.07) is 22.2. The van der Waals surface area contributed by atoms with E-state index in [2.05, 4.69) is 67.6 Å². The predicted molar refractivity (Wildman–Crippen MR) is 130 cm³/mol. The highest BCUT2D eigenvalue weighted by Gasteiger charge is 2.14. The zero-order valence-electron chi connectivity index (χ0n) is 18.3. The van der Waals surface area contributed by atoms with Crippen molar-refractivity contribution in [2.24, 2.45) is 0 Å². The van der Waals surface area contributed by atoms with Crippen LogP contribution in [0.15, 0.2) is 84.5 Å². The van der Waals surface area contributed by atoms with Crippen molar-refractivity contribution < 1.29 is 8.78 Å². The Labute approximate surface area is 194 Å². The van der Waals surface area contributed by atoms with Gasteiger partial charge < -0.3 is 0 Å². The van der Waals surface area contributed by atoms with Crippen LogP contribution < -0.4 is 0 Å². The quantitative estimate of drug-likeness (QED) is 0.317. The van der Waals surface area contributed by atoms with E-state index in [0.717, 1.165) is 37.7 Å². The maximum absolute atomic E-state index is 13.8. The Bertz CT molecular complexity index is 1100. The van der Waals surface area contributed by atoms with Crippen LogP contribution in [-0.2, 0) is 12.8 Å². The van der Waals surface area contributed by atoms with Gasteiger partial charge in [0.2, 0.25) is 0 Å². The monoisotopic (exact) mass is 448 g/mol. The van der Waals surface area contributed by atoms with Crippen molar-refractivity contribution in [3.63, 3.8) is 0 Å². The largest absolute Gasteiger partial charge is 0.205 e. The topological polar surface area (TPSA) is 0 Å². The van der Waals surface area contributed by atoms with Gasteiger partial charge in [0.05, 0.1) is 0 Å². The van der Waals surface area contributed by atoms with E-state index >= 15 is 0 Å². The fourth-order valence-corrected chi connectivity index (χ4v) is 4.38. The van der Waals surface area contributed by atoms with Gasteiger partial charge >= 0.3 is 0 Å². The average Bonchev–Trinajstić information content (AvgIpc) is 2.82. The van der Waals surface area contributed by atoms with Crippen LogP contribution in [0, 0.1) is 11.6 Å². The van der Waals surface area contributed by atoms with E-state index in [1.165, 1.54) is 34.4 Å². The Hall–Kier alpha value is -2.71. The summed E-state index contributed by atoms with van der Waals surface area (Å²) in [5.41, 5.74) is 6.94. The van der Waals surface area contributed by atoms with Gasteiger partial charge in [0.15, 0.2) is 0 Å². The maximum Gasteiger partial charge on any atom is 0.145 e. The van der Waals surface area contributed by atoms with Crippen molar-refractivity contribution in [3.8, 4) is 0 Å². The van der Waals surface area contributed by atoms with Crippen LogP contribution in [0.25, 0.3) is 5.57 Å². The van der Waals surface area contributed by atoms with Crippen LogP contribution >= 0.6 is 11.6 Å². The van der Waals surface area contributed by atoms with E-state index in [4.69, 9.17) is 11.6 Å². The first kappa shape index (κ1) is 22.5. The van der Waals surface area contributed by atoms with Crippen molar-refractivity contribution in [3.05, 3.63) is 123 Å². The van der Waals surface area contributed by atoms with Crippen molar-refractivity contribution in [2.75, 3.05) is 0 Å². The molecule has 0 amide bonds. The number of hydrogen-bond donors (Lipinski definition) is 0. The molecule has 0 saturated heterocycles. The SMILES string of the molecule is C[C@@H](Cc1ccc(CCC2=CC=C(c3cc(F)c(Cl)c(F)c3)CC2)cc1)c1ccccc1. The first-order valence-corrected chi connectivity index (χ1v) is 11.5. The summed E-state index contributed by atoms with van der Waals surface area (Å²) >= 11 is 5.59. The summed E-state index contributed by atoms with van der Waals surface area (Å²) in [5.74, 6) is -0.920. The second-order valence-electron chi connectivity index (χ2n) is 8.60. The average molecular weight is 449 g/mol. The summed E-state index contributed by atoms with van der Waals surface area (Å²) in [4.78, 5) is 0. The normalized spacial score (nSPS) is 14.6. The molecule has 1 atom stereocenters. The molecule has 0 bridgehead atoms. The molecule has 0 aliphatic heterocycles. The molecule has 164 valence electrons. The molecule has 4 rings (SSSR count). The van der Waals surface area contributed by atoms with Gasteiger partial charge in [0.1, 0.15) is 16.7 Å². The molecule has 3 aromatic rings. The highest BCUT2D eigenvalue weighted by atomic mass is 35.5. The molecule has 3 heteroatoms. The van der Waals surface area contributed by atoms with Crippen LogP contribution in [0.2, 0.25) is 5.02 Å². The molecule has 0 saturated carbocycles. The summed E-state index contributed by atoms with van der Waals surface area (Å²) in [7, 11) is 0. The van der Waals surface area contributed by atoms with Gasteiger partial charge in [0.25, 0.3) is 0 Å². The minimum atomic E-state index is -0.709. The van der Waals surface area contributed by atoms with Crippen molar-refractivity contribution in [2.45, 2.75) is 44.9 Å². The van der Waals surface area contributed by atoms with E-state index in [1.54, 1.807) is 0 Å². The summed E-state index contributed by atoms with van der Waals surface area (Å²) in [6.45, 7) is 2.27. The van der Waals surface area contributed by atoms with Crippen molar-refractivity contribution in [1.82, 2.24) is 0 Å². The lowest BCUT2D eigenvalue weighted by atomic mass is 9.90. The molecule has 0 unspecified atom stereocenters. The van der Waals surface area contributed by atoms with Gasteiger partial charge in [-0.25, -0.2) is 8.78 Å². The number of hydrogen-bond acceptors (Lipinski definition) is 0. The summed E-state index contributed by atoms with van der Waals surface area (Å²) in [6.07, 6.45) is 8.79. The number of aryl methyl sites for hydroxylation is 1. The van der Waals surface area contributed by atoms with Crippen LogP contribution in [0.3, 0.4) is 0 Å². The Kier molecular flexibility index (Phi) is 7.22. The Morgan fingerprint density at radius 2 is 1.47 bits per heavy atom. The third kappa shape index (κ3) is 5.55. The maximum atomic E-state index is 13.8. The van der Waals surface area contributed by atoms with Crippen LogP contribution in [-0.4, -0.2) is 0 Å². The molecule has 0 N–H and O–H groups in total. The highest BCUT2D eigenvalue weighted by molar-refractivity contribution is 6.30. The molecule has 0 spiro atoms. The first-order chi connectivity index (χ1) is 15.5. The lowest BCUT2D eigenvalue weighted by molar-refractivity contribution is 0.583. The number of benzene rings is 3. The van der Waals surface area contributed by atoms with Gasteiger partial charge in [-0.3, -0.25) is 0 Å². The van der Waals surface area contributed by atoms with Crippen LogP contribution in [0.5, 0.6) is 0 Å². The smallest absolute Gasteiger partial charge is 0.145 e. The number of halogens is 3. The lowest BCUT2D eigenvalue weighted by Gasteiger charge is -2.16. The van der Waals surface area contributed by atoms with E-state index in [9.17, 15) is 8.78 Å². The highest BCUT2D eigenvalue weighted by Crippen LogP contribution is 2.31. The Balaban J connectivity index is 1.33. The Morgan fingerprint density at radius 3 is 2.09 bits per heavy atom. The minimum Gasteiger partial charge on any atom is -0.205 e. The summed E-state index contributed by atoms with van der Waals surface area (Å²) < 4.78 is 27.5. The molecule has 32 heavy (non-hydrogen) atoms. The van der Waals surface area contributed by atoms with Gasteiger partial charge in [-0.1, -0.05) is 90.8 Å². The molecular formula is C29H27ClF2. The van der Waals surface area contributed by atoms with Gasteiger partial charge in [-0.2, -0.15) is 0 Å². The Morgan fingerprint density at radius 1 is 0.812 bits per heavy atom. The minimum absolute atomic E-state index is 0.443. The molecule has 0 aromatic heterocycles. The molecule has 1 aliphatic rings. The lowest BCUT2D eigenvalue weighted by Crippen LogP contribution is -1.99. The van der Waals surface area contributed by atoms with Crippen LogP contribution in [0.4, 0.5) is 8.78 Å². The molecular weight excluding hydrogens is 422 g/mol. The number of rotatable bonds is 7. The summed E-state index contributed by atoms with van der Waals surface area (Å²) in [5, 5.41) is -0.443. The van der Waals surface area contributed by atoms with Gasteiger partial charge in [0, 0.05) is 0 Å². The van der Waals surface area contributed by atoms with E-state index in [1.807, 2.05) is 6.08 Å². The second-order valence-corrected chi connectivity index (χ2v) is 8.98. The third-order valence-corrected chi connectivity index (χ3v) is 6.62. The van der Waals surface area contributed by atoms with Crippen molar-refractivity contribution in [1.29, 1.82) is 0 Å². The van der Waals surface area contributed by atoms with E-state index in [-0.39, 0.29) is 0 Å². The molecule has 0 radical (unpaired) electrons. The standard InChI is InChI=1S/C29H27ClF2/c1-20(24-5-3-2-4-6-24)17-23-11-9-21(10-12-23)7-8-22-13-15-25(16-14-22)26-18-27(31)29(30)28(32)19-26/h2-6,9-13,15,18-20H,7-8,14,16-17H2,1H3/t20-/m0/s1.